The maximum absolute atomic E-state index is 12.3. The molecular weight excluding hydrogens is 398 g/mol. The number of ether oxygens (including phenoxy) is 1. The number of nitrogens with zero attached hydrogens (tertiary/aromatic N) is 2. The number of benzene rings is 1. The second-order valence-electron chi connectivity index (χ2n) is 6.34. The van der Waals surface area contributed by atoms with Crippen molar-refractivity contribution in [2.45, 2.75) is 30.7 Å². The summed E-state index contributed by atoms with van der Waals surface area (Å²) in [6.45, 7) is 1.37. The lowest BCUT2D eigenvalue weighted by Crippen LogP contribution is -2.47. The molecule has 144 valence electrons. The molecule has 9 nitrogen and oxygen atoms in total. The lowest BCUT2D eigenvalue weighted by molar-refractivity contribution is -0.384. The summed E-state index contributed by atoms with van der Waals surface area (Å²) in [5.74, 6) is -0.935. The molecule has 2 amide bonds. The van der Waals surface area contributed by atoms with Crippen LogP contribution in [0.4, 0.5) is 11.4 Å². The largest absolute Gasteiger partial charge is 0.454 e. The van der Waals surface area contributed by atoms with E-state index in [2.05, 4.69) is 5.32 Å². The molecule has 0 radical (unpaired) electrons. The van der Waals surface area contributed by atoms with Crippen LogP contribution in [0.1, 0.15) is 19.8 Å². The Morgan fingerprint density at radius 1 is 1.52 bits per heavy atom. The molecule has 0 spiro atoms. The van der Waals surface area contributed by atoms with E-state index in [0.29, 0.717) is 18.6 Å². The van der Waals surface area contributed by atoms with Crippen LogP contribution in [0.25, 0.3) is 0 Å². The van der Waals surface area contributed by atoms with Crippen LogP contribution in [0, 0.1) is 10.1 Å². The van der Waals surface area contributed by atoms with E-state index < -0.39 is 34.3 Å². The monoisotopic (exact) mass is 413 g/mol. The number of thioether (sulfide) groups is 1. The van der Waals surface area contributed by atoms with E-state index in [1.54, 1.807) is 4.90 Å². The van der Waals surface area contributed by atoms with Crippen molar-refractivity contribution in [1.82, 2.24) is 4.90 Å². The number of non-ortho nitro benzene ring substituents is 1. The van der Waals surface area contributed by atoms with Gasteiger partial charge in [0.05, 0.1) is 20.5 Å². The van der Waals surface area contributed by atoms with E-state index in [0.717, 1.165) is 6.07 Å². The van der Waals surface area contributed by atoms with Crippen LogP contribution in [0.15, 0.2) is 18.2 Å². The average molecular weight is 414 g/mol. The molecular formula is C16H16ClN3O6S. The molecule has 2 fully saturated rings. The van der Waals surface area contributed by atoms with Crippen LogP contribution >= 0.6 is 23.4 Å². The van der Waals surface area contributed by atoms with Gasteiger partial charge in [-0.3, -0.25) is 19.7 Å². The highest BCUT2D eigenvalue weighted by atomic mass is 35.5. The molecule has 0 saturated carbocycles. The van der Waals surface area contributed by atoms with Crippen molar-refractivity contribution in [3.05, 3.63) is 33.3 Å². The van der Waals surface area contributed by atoms with Gasteiger partial charge in [-0.05, 0) is 19.4 Å². The summed E-state index contributed by atoms with van der Waals surface area (Å²) in [6.07, 6.45) is 1.08. The van der Waals surface area contributed by atoms with Crippen LogP contribution in [0.3, 0.4) is 0 Å². The fraction of sp³-hybridized carbons (Fsp3) is 0.438. The Morgan fingerprint density at radius 2 is 2.26 bits per heavy atom. The first-order valence-corrected chi connectivity index (χ1v) is 9.44. The molecule has 1 N–H and O–H groups in total. The number of fused-ring (bicyclic) bond motifs is 1. The first-order valence-electron chi connectivity index (χ1n) is 8.08. The number of hydrogen-bond acceptors (Lipinski definition) is 7. The number of nitro groups is 1. The first kappa shape index (κ1) is 19.4. The Balaban J connectivity index is 1.56. The number of anilines is 1. The molecule has 27 heavy (non-hydrogen) atoms. The second-order valence-corrected chi connectivity index (χ2v) is 8.25. The minimum Gasteiger partial charge on any atom is -0.454 e. The van der Waals surface area contributed by atoms with Crippen molar-refractivity contribution in [1.29, 1.82) is 0 Å². The van der Waals surface area contributed by atoms with Crippen molar-refractivity contribution < 1.29 is 24.0 Å². The number of halogens is 1. The molecule has 1 aromatic rings. The van der Waals surface area contributed by atoms with Crippen molar-refractivity contribution in [3.63, 3.8) is 0 Å². The van der Waals surface area contributed by atoms with Crippen molar-refractivity contribution in [2.24, 2.45) is 0 Å². The molecule has 3 rings (SSSR count). The summed E-state index contributed by atoms with van der Waals surface area (Å²) < 4.78 is 5.05. The third-order valence-electron chi connectivity index (χ3n) is 4.50. The number of hydrogen-bond donors (Lipinski definition) is 1. The molecule has 2 heterocycles. The van der Waals surface area contributed by atoms with Gasteiger partial charge in [-0.25, -0.2) is 4.79 Å². The van der Waals surface area contributed by atoms with Crippen molar-refractivity contribution >= 4 is 52.5 Å². The van der Waals surface area contributed by atoms with Crippen molar-refractivity contribution in [3.8, 4) is 0 Å². The predicted molar refractivity (Wildman–Crippen MR) is 98.4 cm³/mol. The number of rotatable bonds is 5. The third-order valence-corrected chi connectivity index (χ3v) is 6.32. The number of nitro benzene ring substituents is 1. The predicted octanol–water partition coefficient (Wildman–Crippen LogP) is 2.18. The smallest absolute Gasteiger partial charge is 0.330 e. The molecule has 2 atom stereocenters. The highest BCUT2D eigenvalue weighted by Crippen LogP contribution is 2.47. The molecule has 11 heteroatoms. The molecule has 0 aliphatic carbocycles. The van der Waals surface area contributed by atoms with E-state index in [9.17, 15) is 24.5 Å². The zero-order valence-electron chi connectivity index (χ0n) is 14.3. The normalized spacial score (nSPS) is 23.9. The van der Waals surface area contributed by atoms with Gasteiger partial charge < -0.3 is 15.0 Å². The molecule has 1 aromatic carbocycles. The van der Waals surface area contributed by atoms with Crippen LogP contribution in [-0.2, 0) is 19.1 Å². The van der Waals surface area contributed by atoms with Crippen LogP contribution < -0.4 is 5.32 Å². The third kappa shape index (κ3) is 3.86. The lowest BCUT2D eigenvalue weighted by atomic mass is 10.2. The Hall–Kier alpha value is -2.33. The number of esters is 1. The standard InChI is InChI=1S/C16H16ClN3O6S/c1-16-5-4-14(22)19(16)12(8-27-16)15(23)26-7-13(21)18-11-3-2-9(20(24)25)6-10(11)17/h2-3,6,12H,4-5,7-8H2,1H3,(H,18,21)/t12-,16+/m0/s1. The molecule has 2 saturated heterocycles. The van der Waals surface area contributed by atoms with Gasteiger partial charge in [0, 0.05) is 24.3 Å². The Labute approximate surface area is 163 Å². The quantitative estimate of drug-likeness (QED) is 0.446. The zero-order valence-corrected chi connectivity index (χ0v) is 15.8. The number of nitrogens with one attached hydrogen (secondary N) is 1. The van der Waals surface area contributed by atoms with E-state index in [1.165, 1.54) is 23.9 Å². The van der Waals surface area contributed by atoms with E-state index in [-0.39, 0.29) is 22.3 Å². The highest BCUT2D eigenvalue weighted by molar-refractivity contribution is 8.01. The fourth-order valence-electron chi connectivity index (χ4n) is 3.13. The highest BCUT2D eigenvalue weighted by Gasteiger charge is 2.53. The fourth-order valence-corrected chi connectivity index (χ4v) is 4.77. The first-order chi connectivity index (χ1) is 12.7. The minimum absolute atomic E-state index is 0.00509. The van der Waals surface area contributed by atoms with Gasteiger partial charge in [-0.1, -0.05) is 11.6 Å². The van der Waals surface area contributed by atoms with Gasteiger partial charge in [0.1, 0.15) is 6.04 Å². The maximum atomic E-state index is 12.3. The summed E-state index contributed by atoms with van der Waals surface area (Å²) in [7, 11) is 0. The Bertz CT molecular complexity index is 834. The number of amides is 2. The topological polar surface area (TPSA) is 119 Å². The maximum Gasteiger partial charge on any atom is 0.330 e. The molecule has 0 bridgehead atoms. The molecule has 2 aliphatic rings. The van der Waals surface area contributed by atoms with Crippen LogP contribution in [-0.4, -0.2) is 50.9 Å². The van der Waals surface area contributed by atoms with Crippen molar-refractivity contribution in [2.75, 3.05) is 17.7 Å². The summed E-state index contributed by atoms with van der Waals surface area (Å²) >= 11 is 7.43. The second kappa shape index (κ2) is 7.35. The Kier molecular flexibility index (Phi) is 5.29. The van der Waals surface area contributed by atoms with Gasteiger partial charge in [0.25, 0.3) is 11.6 Å². The average Bonchev–Trinajstić information content (AvgIpc) is 3.10. The van der Waals surface area contributed by atoms with Gasteiger partial charge in [-0.15, -0.1) is 11.8 Å². The van der Waals surface area contributed by atoms with E-state index in [4.69, 9.17) is 16.3 Å². The SMILES string of the molecule is C[C@@]12CCC(=O)N1[C@H](C(=O)OCC(=O)Nc1ccc([N+](=O)[O-])cc1Cl)CS2. The zero-order chi connectivity index (χ0) is 19.8. The summed E-state index contributed by atoms with van der Waals surface area (Å²) in [4.78, 5) is 47.6. The summed E-state index contributed by atoms with van der Waals surface area (Å²) in [5, 5.41) is 13.1. The Morgan fingerprint density at radius 3 is 2.93 bits per heavy atom. The van der Waals surface area contributed by atoms with Gasteiger partial charge in [0.15, 0.2) is 6.61 Å². The van der Waals surface area contributed by atoms with E-state index >= 15 is 0 Å². The van der Waals surface area contributed by atoms with E-state index in [1.807, 2.05) is 6.92 Å². The molecule has 2 aliphatic heterocycles. The number of carbonyl (C=O) groups is 3. The van der Waals surface area contributed by atoms with Gasteiger partial charge >= 0.3 is 5.97 Å². The lowest BCUT2D eigenvalue weighted by Gasteiger charge is -2.29. The molecule has 0 aromatic heterocycles. The molecule has 0 unspecified atom stereocenters. The van der Waals surface area contributed by atoms with Gasteiger partial charge in [0.2, 0.25) is 5.91 Å². The van der Waals surface area contributed by atoms with Gasteiger partial charge in [-0.2, -0.15) is 0 Å². The number of carbonyl (C=O) groups excluding carboxylic acids is 3. The summed E-state index contributed by atoms with van der Waals surface area (Å²) in [6, 6.07) is 2.90. The minimum atomic E-state index is -0.703. The van der Waals surface area contributed by atoms with Crippen LogP contribution in [0.5, 0.6) is 0 Å². The van der Waals surface area contributed by atoms with Crippen LogP contribution in [0.2, 0.25) is 5.02 Å². The summed E-state index contributed by atoms with van der Waals surface area (Å²) in [5.41, 5.74) is -0.0384.